The van der Waals surface area contributed by atoms with Gasteiger partial charge in [0.25, 0.3) is 0 Å². The van der Waals surface area contributed by atoms with E-state index < -0.39 is 0 Å². The summed E-state index contributed by atoms with van der Waals surface area (Å²) < 4.78 is 2.27. The molecule has 1 N–H and O–H groups in total. The lowest BCUT2D eigenvalue weighted by atomic mass is 10.0. The fourth-order valence-electron chi connectivity index (χ4n) is 4.11. The van der Waals surface area contributed by atoms with Crippen molar-refractivity contribution in [3.05, 3.63) is 114 Å². The van der Waals surface area contributed by atoms with Gasteiger partial charge in [0.15, 0.2) is 5.11 Å². The van der Waals surface area contributed by atoms with Crippen LogP contribution < -0.4 is 5.32 Å². The van der Waals surface area contributed by atoms with E-state index in [0.717, 1.165) is 28.5 Å². The maximum atomic E-state index is 5.79. The molecule has 31 heavy (non-hydrogen) atoms. The van der Waals surface area contributed by atoms with Gasteiger partial charge in [0.05, 0.1) is 17.8 Å². The van der Waals surface area contributed by atoms with Crippen LogP contribution in [0, 0.1) is 0 Å². The minimum absolute atomic E-state index is 0.00530. The summed E-state index contributed by atoms with van der Waals surface area (Å²) in [6.45, 7) is 1.42. The van der Waals surface area contributed by atoms with E-state index in [1.807, 2.05) is 42.9 Å². The summed E-state index contributed by atoms with van der Waals surface area (Å²) >= 11 is 5.79. The zero-order valence-corrected chi connectivity index (χ0v) is 17.7. The number of nitrogens with one attached hydrogen (secondary N) is 1. The van der Waals surface area contributed by atoms with Crippen LogP contribution in [0.5, 0.6) is 0 Å². The van der Waals surface area contributed by atoms with Crippen LogP contribution in [0.3, 0.4) is 0 Å². The molecule has 1 aliphatic heterocycles. The first kappa shape index (κ1) is 19.4. The third kappa shape index (κ3) is 4.04. The molecule has 154 valence electrons. The minimum atomic E-state index is -0.0482. The van der Waals surface area contributed by atoms with Crippen molar-refractivity contribution in [2.24, 2.45) is 0 Å². The molecule has 4 aromatic heterocycles. The first-order chi connectivity index (χ1) is 15.3. The molecule has 1 saturated heterocycles. The SMILES string of the molecule is S=C1N[C@H](c2ccccn2)[C@H](c2cccn2Cc2cccnc2)N1Cc1cccnc1. The van der Waals surface area contributed by atoms with Gasteiger partial charge < -0.3 is 14.8 Å². The zero-order chi connectivity index (χ0) is 21.0. The zero-order valence-electron chi connectivity index (χ0n) is 16.9. The predicted octanol–water partition coefficient (Wildman–Crippen LogP) is 3.89. The molecular weight excluding hydrogens is 404 g/mol. The normalized spacial score (nSPS) is 18.2. The molecule has 6 nitrogen and oxygen atoms in total. The van der Waals surface area contributed by atoms with Crippen molar-refractivity contribution in [2.45, 2.75) is 25.2 Å². The van der Waals surface area contributed by atoms with Crippen molar-refractivity contribution in [2.75, 3.05) is 0 Å². The summed E-state index contributed by atoms with van der Waals surface area (Å²) in [5.74, 6) is 0. The van der Waals surface area contributed by atoms with Crippen LogP contribution in [0.15, 0.2) is 91.8 Å². The monoisotopic (exact) mass is 426 g/mol. The number of pyridine rings is 3. The van der Waals surface area contributed by atoms with Crippen molar-refractivity contribution in [3.63, 3.8) is 0 Å². The highest BCUT2D eigenvalue weighted by atomic mass is 32.1. The molecule has 0 amide bonds. The van der Waals surface area contributed by atoms with Gasteiger partial charge in [-0.2, -0.15) is 0 Å². The highest BCUT2D eigenvalue weighted by Gasteiger charge is 2.41. The highest BCUT2D eigenvalue weighted by molar-refractivity contribution is 7.80. The maximum absolute atomic E-state index is 5.79. The molecular formula is C24H22N6S. The Morgan fingerprint density at radius 3 is 2.29 bits per heavy atom. The van der Waals surface area contributed by atoms with Gasteiger partial charge in [-0.3, -0.25) is 15.0 Å². The van der Waals surface area contributed by atoms with Gasteiger partial charge in [-0.15, -0.1) is 0 Å². The summed E-state index contributed by atoms with van der Waals surface area (Å²) in [6, 6.07) is 18.3. The molecule has 5 heterocycles. The standard InChI is InChI=1S/C24H22N6S/c31-24-28-22(20-8-1-2-12-27-20)23(30(24)17-19-7-4-11-26-15-19)21-9-5-13-29(21)16-18-6-3-10-25-14-18/h1-15,22-23H,16-17H2,(H,28,31)/t22-,23+/m1/s1. The summed E-state index contributed by atoms with van der Waals surface area (Å²) in [7, 11) is 0. The van der Waals surface area contributed by atoms with E-state index in [0.29, 0.717) is 6.54 Å². The molecule has 0 saturated carbocycles. The topological polar surface area (TPSA) is 58.9 Å². The fraction of sp³-hybridized carbons (Fsp3) is 0.167. The molecule has 0 radical (unpaired) electrons. The lowest BCUT2D eigenvalue weighted by Gasteiger charge is -2.29. The molecule has 5 rings (SSSR count). The maximum Gasteiger partial charge on any atom is 0.170 e. The van der Waals surface area contributed by atoms with Gasteiger partial charge in [-0.25, -0.2) is 0 Å². The second-order valence-corrected chi connectivity index (χ2v) is 7.92. The average Bonchev–Trinajstić information content (AvgIpc) is 3.40. The lowest BCUT2D eigenvalue weighted by molar-refractivity contribution is 0.298. The summed E-state index contributed by atoms with van der Waals surface area (Å²) in [6.07, 6.45) is 11.3. The second kappa shape index (κ2) is 8.65. The predicted molar refractivity (Wildman–Crippen MR) is 123 cm³/mol. The number of rotatable bonds is 6. The Morgan fingerprint density at radius 1 is 0.839 bits per heavy atom. The molecule has 0 spiro atoms. The Bertz CT molecular complexity index is 1150. The van der Waals surface area contributed by atoms with Crippen LogP contribution in [0.4, 0.5) is 0 Å². The summed E-state index contributed by atoms with van der Waals surface area (Å²) in [4.78, 5) is 15.4. The van der Waals surface area contributed by atoms with Crippen LogP contribution in [0.2, 0.25) is 0 Å². The number of thiocarbonyl (C=S) groups is 1. The number of nitrogens with zero attached hydrogens (tertiary/aromatic N) is 5. The van der Waals surface area contributed by atoms with Crippen LogP contribution in [0.25, 0.3) is 0 Å². The first-order valence-corrected chi connectivity index (χ1v) is 10.6. The van der Waals surface area contributed by atoms with E-state index in [-0.39, 0.29) is 12.1 Å². The third-order valence-electron chi connectivity index (χ3n) is 5.52. The van der Waals surface area contributed by atoms with E-state index >= 15 is 0 Å². The Morgan fingerprint density at radius 2 is 1.61 bits per heavy atom. The number of hydrogen-bond acceptors (Lipinski definition) is 4. The van der Waals surface area contributed by atoms with Crippen molar-refractivity contribution >= 4 is 17.3 Å². The van der Waals surface area contributed by atoms with E-state index in [9.17, 15) is 0 Å². The largest absolute Gasteiger partial charge is 0.352 e. The van der Waals surface area contributed by atoms with Crippen molar-refractivity contribution in [1.29, 1.82) is 0 Å². The Labute approximate surface area is 186 Å². The van der Waals surface area contributed by atoms with Crippen LogP contribution in [-0.4, -0.2) is 29.5 Å². The van der Waals surface area contributed by atoms with Crippen molar-refractivity contribution in [1.82, 2.24) is 29.7 Å². The highest BCUT2D eigenvalue weighted by Crippen LogP contribution is 2.39. The number of aromatic nitrogens is 4. The lowest BCUT2D eigenvalue weighted by Crippen LogP contribution is -2.30. The molecule has 0 aliphatic carbocycles. The molecule has 0 bridgehead atoms. The Hall–Kier alpha value is -3.58. The smallest absolute Gasteiger partial charge is 0.170 e. The van der Waals surface area contributed by atoms with E-state index in [4.69, 9.17) is 12.2 Å². The van der Waals surface area contributed by atoms with Crippen LogP contribution in [0.1, 0.15) is 34.6 Å². The average molecular weight is 427 g/mol. The molecule has 4 aromatic rings. The van der Waals surface area contributed by atoms with E-state index in [2.05, 4.69) is 66.3 Å². The van der Waals surface area contributed by atoms with Crippen LogP contribution >= 0.6 is 12.2 Å². The molecule has 1 fully saturated rings. The quantitative estimate of drug-likeness (QED) is 0.472. The second-order valence-electron chi connectivity index (χ2n) is 7.54. The molecule has 2 atom stereocenters. The molecule has 0 aromatic carbocycles. The van der Waals surface area contributed by atoms with E-state index in [1.54, 1.807) is 12.4 Å². The summed E-state index contributed by atoms with van der Waals surface area (Å²) in [5, 5.41) is 4.24. The molecule has 7 heteroatoms. The Balaban J connectivity index is 1.54. The van der Waals surface area contributed by atoms with E-state index in [1.165, 1.54) is 5.69 Å². The van der Waals surface area contributed by atoms with Crippen LogP contribution in [-0.2, 0) is 13.1 Å². The van der Waals surface area contributed by atoms with Crippen molar-refractivity contribution < 1.29 is 0 Å². The van der Waals surface area contributed by atoms with Gasteiger partial charge in [0, 0.05) is 56.0 Å². The van der Waals surface area contributed by atoms with Gasteiger partial charge in [-0.05, 0) is 59.7 Å². The number of hydrogen-bond donors (Lipinski definition) is 1. The fourth-order valence-corrected chi connectivity index (χ4v) is 4.42. The van der Waals surface area contributed by atoms with Gasteiger partial charge >= 0.3 is 0 Å². The molecule has 0 unspecified atom stereocenters. The van der Waals surface area contributed by atoms with Crippen molar-refractivity contribution in [3.8, 4) is 0 Å². The third-order valence-corrected chi connectivity index (χ3v) is 5.87. The van der Waals surface area contributed by atoms with Gasteiger partial charge in [-0.1, -0.05) is 18.2 Å². The Kier molecular flexibility index (Phi) is 5.41. The molecule has 1 aliphatic rings. The minimum Gasteiger partial charge on any atom is -0.352 e. The van der Waals surface area contributed by atoms with Gasteiger partial charge in [0.1, 0.15) is 0 Å². The van der Waals surface area contributed by atoms with Gasteiger partial charge in [0.2, 0.25) is 0 Å². The first-order valence-electron chi connectivity index (χ1n) is 10.2. The summed E-state index contributed by atoms with van der Waals surface area (Å²) in [5.41, 5.74) is 4.42.